The molecule has 0 saturated heterocycles. The summed E-state index contributed by atoms with van der Waals surface area (Å²) < 4.78 is 0. The van der Waals surface area contributed by atoms with Gasteiger partial charge in [0.1, 0.15) is 10.3 Å². The largest absolute Gasteiger partial charge is 0.380 e. The van der Waals surface area contributed by atoms with Crippen molar-refractivity contribution in [3.8, 4) is 0 Å². The first-order chi connectivity index (χ1) is 5.87. The molecular formula is C9H12Cl2N2. The van der Waals surface area contributed by atoms with Crippen LogP contribution in [0.3, 0.4) is 0 Å². The summed E-state index contributed by atoms with van der Waals surface area (Å²) in [4.78, 5) is 3.86. The van der Waals surface area contributed by atoms with Gasteiger partial charge in [-0.25, -0.2) is 4.98 Å². The summed E-state index contributed by atoms with van der Waals surface area (Å²) in [5.41, 5.74) is 0.881. The molecule has 13 heavy (non-hydrogen) atoms. The predicted octanol–water partition coefficient (Wildman–Crippen LogP) is 3.60. The second-order valence-corrected chi connectivity index (χ2v) is 4.65. The lowest BCUT2D eigenvalue weighted by molar-refractivity contribution is 0.634. The topological polar surface area (TPSA) is 24.9 Å². The van der Waals surface area contributed by atoms with E-state index >= 15 is 0 Å². The maximum absolute atomic E-state index is 5.74. The molecule has 0 saturated carbocycles. The molecule has 0 aliphatic heterocycles. The van der Waals surface area contributed by atoms with Crippen molar-refractivity contribution in [1.29, 1.82) is 0 Å². The average Bonchev–Trinajstić information content (AvgIpc) is 1.78. The van der Waals surface area contributed by atoms with Crippen molar-refractivity contribution >= 4 is 28.9 Å². The van der Waals surface area contributed by atoms with E-state index in [9.17, 15) is 0 Å². The number of aromatic nitrogens is 1. The van der Waals surface area contributed by atoms with Gasteiger partial charge >= 0.3 is 0 Å². The Hall–Kier alpha value is -0.470. The molecule has 0 amide bonds. The van der Waals surface area contributed by atoms with Gasteiger partial charge in [-0.15, -0.1) is 0 Å². The van der Waals surface area contributed by atoms with Gasteiger partial charge in [0.2, 0.25) is 0 Å². The van der Waals surface area contributed by atoms with E-state index in [1.165, 1.54) is 0 Å². The van der Waals surface area contributed by atoms with Crippen LogP contribution in [-0.2, 0) is 0 Å². The molecule has 72 valence electrons. The number of hydrogen-bond donors (Lipinski definition) is 1. The van der Waals surface area contributed by atoms with Crippen LogP contribution in [0.2, 0.25) is 10.3 Å². The highest BCUT2D eigenvalue weighted by molar-refractivity contribution is 6.32. The zero-order valence-electron chi connectivity index (χ0n) is 7.86. The van der Waals surface area contributed by atoms with Crippen LogP contribution in [0.1, 0.15) is 20.8 Å². The fourth-order valence-corrected chi connectivity index (χ4v) is 1.43. The maximum Gasteiger partial charge on any atom is 0.132 e. The van der Waals surface area contributed by atoms with E-state index in [0.717, 1.165) is 5.69 Å². The molecule has 0 radical (unpaired) electrons. The van der Waals surface area contributed by atoms with Crippen molar-refractivity contribution in [3.63, 3.8) is 0 Å². The fraction of sp³-hybridized carbons (Fsp3) is 0.444. The Kier molecular flexibility index (Phi) is 3.04. The van der Waals surface area contributed by atoms with E-state index < -0.39 is 0 Å². The molecule has 0 aliphatic carbocycles. The molecule has 4 heteroatoms. The number of halogens is 2. The van der Waals surface area contributed by atoms with Crippen molar-refractivity contribution < 1.29 is 0 Å². The average molecular weight is 219 g/mol. The van der Waals surface area contributed by atoms with Gasteiger partial charge in [-0.3, -0.25) is 0 Å². The van der Waals surface area contributed by atoms with E-state index in [4.69, 9.17) is 23.2 Å². The molecule has 0 atom stereocenters. The number of pyridine rings is 1. The van der Waals surface area contributed by atoms with E-state index in [1.54, 1.807) is 12.1 Å². The van der Waals surface area contributed by atoms with Crippen LogP contribution in [0.15, 0.2) is 12.1 Å². The molecule has 0 spiro atoms. The molecule has 1 aromatic rings. The molecule has 1 heterocycles. The Morgan fingerprint density at radius 1 is 1.15 bits per heavy atom. The number of nitrogens with one attached hydrogen (secondary N) is 1. The molecule has 1 rings (SSSR count). The van der Waals surface area contributed by atoms with Crippen LogP contribution in [0.5, 0.6) is 0 Å². The molecule has 0 aromatic carbocycles. The van der Waals surface area contributed by atoms with Gasteiger partial charge in [0.15, 0.2) is 0 Å². The third kappa shape index (κ3) is 3.83. The smallest absolute Gasteiger partial charge is 0.132 e. The first kappa shape index (κ1) is 10.6. The van der Waals surface area contributed by atoms with Gasteiger partial charge in [-0.1, -0.05) is 23.2 Å². The molecule has 0 unspecified atom stereocenters. The second-order valence-electron chi connectivity index (χ2n) is 3.88. The van der Waals surface area contributed by atoms with Crippen molar-refractivity contribution in [2.45, 2.75) is 26.3 Å². The third-order valence-electron chi connectivity index (χ3n) is 1.28. The predicted molar refractivity (Wildman–Crippen MR) is 57.6 cm³/mol. The molecule has 0 aliphatic rings. The summed E-state index contributed by atoms with van der Waals surface area (Å²) in [6, 6.07) is 3.50. The normalized spacial score (nSPS) is 11.5. The third-order valence-corrected chi connectivity index (χ3v) is 1.67. The van der Waals surface area contributed by atoms with Crippen LogP contribution < -0.4 is 5.32 Å². The molecule has 1 N–H and O–H groups in total. The lowest BCUT2D eigenvalue weighted by atomic mass is 10.1. The molecule has 2 nitrogen and oxygen atoms in total. The van der Waals surface area contributed by atoms with Gasteiger partial charge in [0.05, 0.1) is 0 Å². The Balaban J connectivity index is 2.90. The minimum atomic E-state index is -0.00594. The van der Waals surface area contributed by atoms with Crippen LogP contribution in [0.4, 0.5) is 5.69 Å². The molecular weight excluding hydrogens is 207 g/mol. The molecule has 0 bridgehead atoms. The van der Waals surface area contributed by atoms with Gasteiger partial charge in [-0.2, -0.15) is 0 Å². The second kappa shape index (κ2) is 3.72. The van der Waals surface area contributed by atoms with Gasteiger partial charge < -0.3 is 5.32 Å². The van der Waals surface area contributed by atoms with E-state index in [-0.39, 0.29) is 5.54 Å². The van der Waals surface area contributed by atoms with Gasteiger partial charge in [-0.05, 0) is 32.9 Å². The summed E-state index contributed by atoms with van der Waals surface area (Å²) in [6.45, 7) is 6.19. The van der Waals surface area contributed by atoms with Crippen molar-refractivity contribution in [1.82, 2.24) is 4.98 Å². The zero-order chi connectivity index (χ0) is 10.1. The summed E-state index contributed by atoms with van der Waals surface area (Å²) in [7, 11) is 0. The van der Waals surface area contributed by atoms with Gasteiger partial charge in [0, 0.05) is 11.2 Å². The monoisotopic (exact) mass is 218 g/mol. The lowest BCUT2D eigenvalue weighted by Crippen LogP contribution is -2.26. The Morgan fingerprint density at radius 3 is 2.00 bits per heavy atom. The van der Waals surface area contributed by atoms with Crippen molar-refractivity contribution in [3.05, 3.63) is 22.4 Å². The van der Waals surface area contributed by atoms with Crippen molar-refractivity contribution in [2.75, 3.05) is 5.32 Å². The zero-order valence-corrected chi connectivity index (χ0v) is 9.37. The van der Waals surface area contributed by atoms with Crippen LogP contribution in [0.25, 0.3) is 0 Å². The number of hydrogen-bond acceptors (Lipinski definition) is 2. The summed E-state index contributed by atoms with van der Waals surface area (Å²) in [6.07, 6.45) is 0. The van der Waals surface area contributed by atoms with Crippen LogP contribution in [0, 0.1) is 0 Å². The quantitative estimate of drug-likeness (QED) is 0.730. The van der Waals surface area contributed by atoms with Crippen molar-refractivity contribution in [2.24, 2.45) is 0 Å². The highest BCUT2D eigenvalue weighted by Gasteiger charge is 2.10. The fourth-order valence-electron chi connectivity index (χ4n) is 0.970. The van der Waals surface area contributed by atoms with E-state index in [0.29, 0.717) is 10.3 Å². The number of nitrogens with zero attached hydrogens (tertiary/aromatic N) is 1. The van der Waals surface area contributed by atoms with Crippen LogP contribution >= 0.6 is 23.2 Å². The SMILES string of the molecule is CC(C)(C)Nc1cc(Cl)nc(Cl)c1. The Morgan fingerprint density at radius 2 is 1.62 bits per heavy atom. The molecule has 0 fully saturated rings. The minimum absolute atomic E-state index is 0.00594. The first-order valence-electron chi connectivity index (χ1n) is 3.98. The molecule has 1 aromatic heterocycles. The van der Waals surface area contributed by atoms with Crippen LogP contribution in [-0.4, -0.2) is 10.5 Å². The highest BCUT2D eigenvalue weighted by atomic mass is 35.5. The standard InChI is InChI=1S/C9H12Cl2N2/c1-9(2,3)13-6-4-7(10)12-8(11)5-6/h4-5H,1-3H3,(H,12,13). The summed E-state index contributed by atoms with van der Waals surface area (Å²) >= 11 is 11.5. The Labute approximate surface area is 88.3 Å². The summed E-state index contributed by atoms with van der Waals surface area (Å²) in [5, 5.41) is 4.06. The first-order valence-corrected chi connectivity index (χ1v) is 4.74. The van der Waals surface area contributed by atoms with E-state index in [1.807, 2.05) is 0 Å². The lowest BCUT2D eigenvalue weighted by Gasteiger charge is -2.22. The maximum atomic E-state index is 5.74. The minimum Gasteiger partial charge on any atom is -0.380 e. The summed E-state index contributed by atoms with van der Waals surface area (Å²) in [5.74, 6) is 0. The van der Waals surface area contributed by atoms with Gasteiger partial charge in [0.25, 0.3) is 0 Å². The number of anilines is 1. The Bertz CT molecular complexity index is 285. The number of rotatable bonds is 1. The highest BCUT2D eigenvalue weighted by Crippen LogP contribution is 2.21. The van der Waals surface area contributed by atoms with E-state index in [2.05, 4.69) is 31.1 Å².